The summed E-state index contributed by atoms with van der Waals surface area (Å²) in [6.45, 7) is 2.79. The van der Waals surface area contributed by atoms with Crippen molar-refractivity contribution in [2.45, 2.75) is 212 Å². The standard InChI is InChI=1S/C40H76NO10P/c1-3-5-7-9-11-13-15-17-18-20-22-24-26-28-30-32-38(44)50-37(33-42)39(51-52(47,48)49-34-35(41)40(45)46)36(43)31-29-27-25-23-21-19-16-14-12-10-8-6-4-2/h17-18,35,37,39,42H,3-16,19-34,41H2,1-2H3,(H,45,46)(H,47,48)/b18-17-/t35-,37-,39?/m0/s1. The molecular weight excluding hydrogens is 685 g/mol. The van der Waals surface area contributed by atoms with Crippen molar-refractivity contribution in [2.75, 3.05) is 13.2 Å². The number of unbranched alkanes of at least 4 members (excludes halogenated alkanes) is 23. The molecule has 5 N–H and O–H groups in total. The Morgan fingerprint density at radius 2 is 1.06 bits per heavy atom. The Morgan fingerprint density at radius 1 is 0.654 bits per heavy atom. The van der Waals surface area contributed by atoms with Crippen molar-refractivity contribution in [1.29, 1.82) is 0 Å². The summed E-state index contributed by atoms with van der Waals surface area (Å²) in [6, 6.07) is -1.60. The largest absolute Gasteiger partial charge is 0.480 e. The van der Waals surface area contributed by atoms with Crippen molar-refractivity contribution < 1.29 is 47.8 Å². The number of aliphatic carboxylic acids is 1. The number of carboxylic acid groups (broad SMARTS) is 1. The molecule has 52 heavy (non-hydrogen) atoms. The Labute approximate surface area is 315 Å². The minimum atomic E-state index is -5.00. The zero-order valence-corrected chi connectivity index (χ0v) is 33.7. The molecule has 11 nitrogen and oxygen atoms in total. The third-order valence-electron chi connectivity index (χ3n) is 9.27. The first-order chi connectivity index (χ1) is 25.1. The zero-order valence-electron chi connectivity index (χ0n) is 32.8. The summed E-state index contributed by atoms with van der Waals surface area (Å²) >= 11 is 0. The van der Waals surface area contributed by atoms with Crippen LogP contribution in [0.5, 0.6) is 0 Å². The summed E-state index contributed by atoms with van der Waals surface area (Å²) in [7, 11) is -5.00. The number of ether oxygens (including phenoxy) is 1. The molecule has 0 aromatic rings. The van der Waals surface area contributed by atoms with E-state index in [0.29, 0.717) is 12.8 Å². The van der Waals surface area contributed by atoms with E-state index in [1.807, 2.05) is 0 Å². The average molecular weight is 762 g/mol. The van der Waals surface area contributed by atoms with Crippen molar-refractivity contribution in [3.05, 3.63) is 12.2 Å². The van der Waals surface area contributed by atoms with E-state index in [1.54, 1.807) is 0 Å². The fourth-order valence-electron chi connectivity index (χ4n) is 5.98. The van der Waals surface area contributed by atoms with Crippen LogP contribution in [0.1, 0.15) is 194 Å². The second-order valence-corrected chi connectivity index (χ2v) is 15.6. The Morgan fingerprint density at radius 3 is 1.48 bits per heavy atom. The van der Waals surface area contributed by atoms with Gasteiger partial charge in [-0.15, -0.1) is 0 Å². The monoisotopic (exact) mass is 762 g/mol. The summed E-state index contributed by atoms with van der Waals surface area (Å²) in [5.41, 5.74) is 5.37. The number of carbonyl (C=O) groups excluding carboxylic acids is 2. The van der Waals surface area contributed by atoms with Gasteiger partial charge in [-0.05, 0) is 38.5 Å². The van der Waals surface area contributed by atoms with Crippen molar-refractivity contribution >= 4 is 25.5 Å². The predicted octanol–water partition coefficient (Wildman–Crippen LogP) is 9.89. The highest BCUT2D eigenvalue weighted by Crippen LogP contribution is 2.45. The number of phosphoric acid groups is 1. The van der Waals surface area contributed by atoms with Crippen LogP contribution >= 0.6 is 7.82 Å². The van der Waals surface area contributed by atoms with E-state index in [9.17, 15) is 28.9 Å². The lowest BCUT2D eigenvalue weighted by atomic mass is 10.0. The van der Waals surface area contributed by atoms with Gasteiger partial charge in [0.05, 0.1) is 13.2 Å². The number of carbonyl (C=O) groups is 3. The van der Waals surface area contributed by atoms with Gasteiger partial charge < -0.3 is 25.6 Å². The molecule has 0 saturated carbocycles. The van der Waals surface area contributed by atoms with Gasteiger partial charge in [0.2, 0.25) is 0 Å². The molecule has 0 aliphatic carbocycles. The summed E-state index contributed by atoms with van der Waals surface area (Å²) in [4.78, 5) is 47.2. The van der Waals surface area contributed by atoms with Gasteiger partial charge in [0, 0.05) is 12.8 Å². The van der Waals surface area contributed by atoms with Gasteiger partial charge >= 0.3 is 19.8 Å². The van der Waals surface area contributed by atoms with Crippen LogP contribution in [0.3, 0.4) is 0 Å². The lowest BCUT2D eigenvalue weighted by Gasteiger charge is -2.26. The van der Waals surface area contributed by atoms with Gasteiger partial charge in [0.1, 0.15) is 6.04 Å². The maximum absolute atomic E-state index is 13.2. The Balaban J connectivity index is 4.68. The summed E-state index contributed by atoms with van der Waals surface area (Å²) in [5, 5.41) is 19.0. The molecule has 0 aromatic carbocycles. The molecule has 0 bridgehead atoms. The number of phosphoric ester groups is 1. The number of Topliss-reactive ketones (excluding diaryl/α,β-unsaturated/α-hetero) is 1. The molecule has 12 heteroatoms. The molecule has 0 heterocycles. The summed E-state index contributed by atoms with van der Waals surface area (Å²) in [6.07, 6.45) is 30.4. The first-order valence-corrected chi connectivity index (χ1v) is 22.2. The maximum atomic E-state index is 13.2. The molecule has 0 fully saturated rings. The SMILES string of the molecule is CCCCCCCC/C=C\CCCCCCCC(=O)O[C@@H](CO)C(OP(=O)(O)OC[C@H](N)C(=O)O)C(=O)CCCCCCCCCCCCCCC. The molecule has 0 amide bonds. The van der Waals surface area contributed by atoms with E-state index in [2.05, 4.69) is 26.0 Å². The number of aliphatic hydroxyl groups is 1. The van der Waals surface area contributed by atoms with E-state index < -0.39 is 57.0 Å². The minimum absolute atomic E-state index is 0.0145. The van der Waals surface area contributed by atoms with Crippen molar-refractivity contribution in [2.24, 2.45) is 5.73 Å². The molecule has 306 valence electrons. The zero-order chi connectivity index (χ0) is 38.7. The lowest BCUT2D eigenvalue weighted by molar-refractivity contribution is -0.161. The van der Waals surface area contributed by atoms with E-state index in [4.69, 9.17) is 24.6 Å². The van der Waals surface area contributed by atoms with Crippen LogP contribution < -0.4 is 5.73 Å². The highest BCUT2D eigenvalue weighted by Gasteiger charge is 2.39. The third kappa shape index (κ3) is 30.8. The first kappa shape index (κ1) is 50.4. The molecule has 4 atom stereocenters. The normalized spacial score (nSPS) is 14.6. The number of rotatable bonds is 39. The Bertz CT molecular complexity index is 963. The van der Waals surface area contributed by atoms with E-state index in [1.165, 1.54) is 89.9 Å². The van der Waals surface area contributed by atoms with Crippen LogP contribution in [0, 0.1) is 0 Å². The van der Waals surface area contributed by atoms with Gasteiger partial charge in [-0.1, -0.05) is 154 Å². The van der Waals surface area contributed by atoms with Crippen molar-refractivity contribution in [3.8, 4) is 0 Å². The fraction of sp³-hybridized carbons (Fsp3) is 0.875. The van der Waals surface area contributed by atoms with Crippen LogP contribution in [0.15, 0.2) is 12.2 Å². The number of aliphatic hydroxyl groups excluding tert-OH is 1. The summed E-state index contributed by atoms with van der Waals surface area (Å²) in [5.74, 6) is -2.72. The molecule has 2 unspecified atom stereocenters. The van der Waals surface area contributed by atoms with E-state index >= 15 is 0 Å². The summed E-state index contributed by atoms with van der Waals surface area (Å²) < 4.78 is 27.9. The molecule has 0 saturated heterocycles. The van der Waals surface area contributed by atoms with Gasteiger partial charge in [0.15, 0.2) is 18.0 Å². The average Bonchev–Trinajstić information content (AvgIpc) is 3.12. The molecule has 0 aliphatic rings. The third-order valence-corrected chi connectivity index (χ3v) is 10.2. The lowest BCUT2D eigenvalue weighted by Crippen LogP contribution is -2.42. The Kier molecular flexibility index (Phi) is 34.0. The van der Waals surface area contributed by atoms with Crippen LogP contribution in [0.25, 0.3) is 0 Å². The minimum Gasteiger partial charge on any atom is -0.480 e. The van der Waals surface area contributed by atoms with Crippen LogP contribution in [-0.2, 0) is 32.7 Å². The van der Waals surface area contributed by atoms with Gasteiger partial charge in [-0.25, -0.2) is 4.57 Å². The predicted molar refractivity (Wildman–Crippen MR) is 208 cm³/mol. The van der Waals surface area contributed by atoms with Crippen molar-refractivity contribution in [3.63, 3.8) is 0 Å². The van der Waals surface area contributed by atoms with Crippen LogP contribution in [-0.4, -0.2) is 64.3 Å². The Hall–Kier alpha value is -1.62. The number of nitrogens with two attached hydrogens (primary N) is 1. The quantitative estimate of drug-likeness (QED) is 0.0202. The smallest absolute Gasteiger partial charge is 0.473 e. The fourth-order valence-corrected chi connectivity index (χ4v) is 6.93. The van der Waals surface area contributed by atoms with Crippen LogP contribution in [0.4, 0.5) is 0 Å². The highest BCUT2D eigenvalue weighted by molar-refractivity contribution is 7.47. The first-order valence-electron chi connectivity index (χ1n) is 20.7. The molecule has 0 spiro atoms. The van der Waals surface area contributed by atoms with Crippen LogP contribution in [0.2, 0.25) is 0 Å². The van der Waals surface area contributed by atoms with E-state index in [0.717, 1.165) is 64.2 Å². The second-order valence-electron chi connectivity index (χ2n) is 14.2. The number of hydrogen-bond donors (Lipinski definition) is 4. The topological polar surface area (TPSA) is 183 Å². The number of hydrogen-bond acceptors (Lipinski definition) is 9. The number of esters is 1. The van der Waals surface area contributed by atoms with Gasteiger partial charge in [0.25, 0.3) is 0 Å². The highest BCUT2D eigenvalue weighted by atomic mass is 31.2. The number of ketones is 1. The molecule has 0 rings (SSSR count). The number of allylic oxidation sites excluding steroid dienone is 2. The van der Waals surface area contributed by atoms with Gasteiger partial charge in [-0.3, -0.25) is 23.4 Å². The molecule has 0 aliphatic heterocycles. The van der Waals surface area contributed by atoms with E-state index in [-0.39, 0.29) is 12.8 Å². The van der Waals surface area contributed by atoms with Crippen molar-refractivity contribution in [1.82, 2.24) is 0 Å². The molecule has 0 aromatic heterocycles. The van der Waals surface area contributed by atoms with Gasteiger partial charge in [-0.2, -0.15) is 0 Å². The maximum Gasteiger partial charge on any atom is 0.473 e. The molecule has 0 radical (unpaired) electrons. The molecular formula is C40H76NO10P. The number of carboxylic acids is 1. The second kappa shape index (κ2) is 35.1.